The smallest absolute Gasteiger partial charge is 0.229 e. The van der Waals surface area contributed by atoms with Gasteiger partial charge in [-0.25, -0.2) is 0 Å². The summed E-state index contributed by atoms with van der Waals surface area (Å²) in [4.78, 5) is 0. The molecule has 2 radical (unpaired) electrons. The van der Waals surface area contributed by atoms with Crippen LogP contribution in [0.5, 0.6) is 0 Å². The van der Waals surface area contributed by atoms with E-state index in [1.807, 2.05) is 0 Å². The van der Waals surface area contributed by atoms with Crippen molar-refractivity contribution in [2.24, 2.45) is 0 Å². The molecule has 0 aromatic heterocycles. The fourth-order valence-electron chi connectivity index (χ4n) is 1.08. The van der Waals surface area contributed by atoms with Gasteiger partial charge in [0.1, 0.15) is 0 Å². The molecule has 0 amide bonds. The van der Waals surface area contributed by atoms with Crippen molar-refractivity contribution in [3.05, 3.63) is 0 Å². The van der Waals surface area contributed by atoms with E-state index in [2.05, 4.69) is 6.92 Å². The molecule has 0 saturated heterocycles. The summed E-state index contributed by atoms with van der Waals surface area (Å²) < 4.78 is 5.00. The molecule has 66 valence electrons. The lowest BCUT2D eigenvalue weighted by Crippen LogP contribution is -1.91. The Morgan fingerprint density at radius 3 is 2.27 bits per heavy atom. The second-order valence-corrected chi connectivity index (χ2v) is 4.06. The highest BCUT2D eigenvalue weighted by Crippen LogP contribution is 2.06. The van der Waals surface area contributed by atoms with Gasteiger partial charge in [0.05, 0.1) is 0 Å². The van der Waals surface area contributed by atoms with Crippen molar-refractivity contribution in [1.82, 2.24) is 0 Å². The number of unbranched alkanes of at least 4 members (excludes halogenated alkanes) is 5. The molecule has 0 rings (SSSR count). The molecular weight excluding hydrogens is 152 g/mol. The Morgan fingerprint density at radius 1 is 1.00 bits per heavy atom. The summed E-state index contributed by atoms with van der Waals surface area (Å²) in [7, 11) is 2.51. The van der Waals surface area contributed by atoms with Crippen LogP contribution in [0.4, 0.5) is 0 Å². The minimum absolute atomic E-state index is 0.727. The maximum atomic E-state index is 5.00. The first-order valence-corrected chi connectivity index (χ1v) is 5.79. The third kappa shape index (κ3) is 10.2. The molecule has 0 heterocycles. The standard InChI is InChI=1S/C9H20OSi/c1-3-4-5-6-7-8-9-11-10-2/h3-9H2,1-2H3. The predicted octanol–water partition coefficient (Wildman–Crippen LogP) is 3.03. The Balaban J connectivity index is 2.69. The largest absolute Gasteiger partial charge is 0.421 e. The zero-order chi connectivity index (χ0) is 8.36. The van der Waals surface area contributed by atoms with E-state index in [1.54, 1.807) is 7.11 Å². The maximum absolute atomic E-state index is 5.00. The molecule has 0 saturated carbocycles. The molecule has 1 nitrogen and oxygen atoms in total. The zero-order valence-corrected chi connectivity index (χ0v) is 8.86. The Bertz CT molecular complexity index is 58.6. The SMILES string of the molecule is CCCCCCCC[Si]OC. The highest BCUT2D eigenvalue weighted by Gasteiger charge is 1.90. The van der Waals surface area contributed by atoms with Crippen molar-refractivity contribution in [3.8, 4) is 0 Å². The third-order valence-electron chi connectivity index (χ3n) is 1.78. The highest BCUT2D eigenvalue weighted by atomic mass is 28.2. The highest BCUT2D eigenvalue weighted by molar-refractivity contribution is 6.26. The average Bonchev–Trinajstić information content (AvgIpc) is 2.03. The van der Waals surface area contributed by atoms with Gasteiger partial charge in [0.15, 0.2) is 0 Å². The lowest BCUT2D eigenvalue weighted by Gasteiger charge is -1.98. The van der Waals surface area contributed by atoms with Crippen molar-refractivity contribution < 1.29 is 4.43 Å². The topological polar surface area (TPSA) is 9.23 Å². The zero-order valence-electron chi connectivity index (χ0n) is 7.86. The predicted molar refractivity (Wildman–Crippen MR) is 50.9 cm³/mol. The van der Waals surface area contributed by atoms with E-state index in [-0.39, 0.29) is 0 Å². The molecule has 2 heteroatoms. The van der Waals surface area contributed by atoms with Gasteiger partial charge in [0.2, 0.25) is 9.76 Å². The van der Waals surface area contributed by atoms with E-state index in [9.17, 15) is 0 Å². The molecule has 0 unspecified atom stereocenters. The van der Waals surface area contributed by atoms with Crippen LogP contribution in [0.3, 0.4) is 0 Å². The van der Waals surface area contributed by atoms with Gasteiger partial charge < -0.3 is 4.43 Å². The van der Waals surface area contributed by atoms with Crippen LogP contribution in [0.1, 0.15) is 45.4 Å². The van der Waals surface area contributed by atoms with Crippen LogP contribution in [-0.2, 0) is 4.43 Å². The molecule has 0 N–H and O–H groups in total. The van der Waals surface area contributed by atoms with Gasteiger partial charge in [-0.05, 0) is 6.04 Å². The van der Waals surface area contributed by atoms with Gasteiger partial charge in [-0.3, -0.25) is 0 Å². The molecule has 0 aliphatic rings. The molecule has 0 aliphatic carbocycles. The number of hydrogen-bond acceptors (Lipinski definition) is 1. The number of hydrogen-bond donors (Lipinski definition) is 0. The quantitative estimate of drug-likeness (QED) is 0.404. The van der Waals surface area contributed by atoms with Crippen LogP contribution in [0, 0.1) is 0 Å². The Hall–Kier alpha value is 0.177. The molecule has 0 fully saturated rings. The third-order valence-corrected chi connectivity index (χ3v) is 2.62. The summed E-state index contributed by atoms with van der Waals surface area (Å²) in [5.74, 6) is 0. The van der Waals surface area contributed by atoms with Crippen molar-refractivity contribution in [2.45, 2.75) is 51.5 Å². The van der Waals surface area contributed by atoms with E-state index in [4.69, 9.17) is 4.43 Å². The van der Waals surface area contributed by atoms with Crippen molar-refractivity contribution in [2.75, 3.05) is 7.11 Å². The fraction of sp³-hybridized carbons (Fsp3) is 1.00. The Labute approximate surface area is 73.5 Å². The monoisotopic (exact) mass is 172 g/mol. The minimum atomic E-state index is 0.727. The molecule has 0 atom stereocenters. The van der Waals surface area contributed by atoms with E-state index in [1.165, 1.54) is 44.6 Å². The summed E-state index contributed by atoms with van der Waals surface area (Å²) in [5, 5.41) is 0. The first-order valence-electron chi connectivity index (χ1n) is 4.67. The number of rotatable bonds is 8. The fourth-order valence-corrected chi connectivity index (χ4v) is 1.68. The van der Waals surface area contributed by atoms with Gasteiger partial charge in [0.25, 0.3) is 0 Å². The lowest BCUT2D eigenvalue weighted by molar-refractivity contribution is 0.438. The molecular formula is C9H20OSi. The summed E-state index contributed by atoms with van der Waals surface area (Å²) >= 11 is 0. The first-order chi connectivity index (χ1) is 5.41. The summed E-state index contributed by atoms with van der Waals surface area (Å²) in [6.07, 6.45) is 8.35. The molecule has 11 heavy (non-hydrogen) atoms. The van der Waals surface area contributed by atoms with Gasteiger partial charge in [-0.2, -0.15) is 0 Å². The van der Waals surface area contributed by atoms with Crippen molar-refractivity contribution in [3.63, 3.8) is 0 Å². The van der Waals surface area contributed by atoms with E-state index < -0.39 is 0 Å². The maximum Gasteiger partial charge on any atom is 0.229 e. The average molecular weight is 172 g/mol. The van der Waals surface area contributed by atoms with Gasteiger partial charge in [-0.1, -0.05) is 45.4 Å². The van der Waals surface area contributed by atoms with Crippen molar-refractivity contribution >= 4 is 9.76 Å². The summed E-state index contributed by atoms with van der Waals surface area (Å²) in [6, 6.07) is 1.27. The molecule has 0 aromatic carbocycles. The first kappa shape index (κ1) is 11.2. The van der Waals surface area contributed by atoms with Gasteiger partial charge in [0, 0.05) is 7.11 Å². The van der Waals surface area contributed by atoms with Crippen LogP contribution >= 0.6 is 0 Å². The van der Waals surface area contributed by atoms with E-state index in [0.29, 0.717) is 0 Å². The van der Waals surface area contributed by atoms with Gasteiger partial charge >= 0.3 is 0 Å². The van der Waals surface area contributed by atoms with Crippen LogP contribution in [-0.4, -0.2) is 16.9 Å². The second-order valence-electron chi connectivity index (χ2n) is 2.87. The second kappa shape index (κ2) is 10.2. The van der Waals surface area contributed by atoms with Crippen LogP contribution in [0.2, 0.25) is 6.04 Å². The molecule has 0 aliphatic heterocycles. The summed E-state index contributed by atoms with van der Waals surface area (Å²) in [5.41, 5.74) is 0. The van der Waals surface area contributed by atoms with Crippen LogP contribution in [0.15, 0.2) is 0 Å². The van der Waals surface area contributed by atoms with Gasteiger partial charge in [-0.15, -0.1) is 0 Å². The lowest BCUT2D eigenvalue weighted by atomic mass is 10.1. The van der Waals surface area contributed by atoms with Crippen LogP contribution in [0.25, 0.3) is 0 Å². The molecule has 0 spiro atoms. The molecule has 0 aromatic rings. The Kier molecular flexibility index (Phi) is 10.3. The Morgan fingerprint density at radius 2 is 1.64 bits per heavy atom. The molecule has 0 bridgehead atoms. The van der Waals surface area contributed by atoms with Crippen molar-refractivity contribution in [1.29, 1.82) is 0 Å². The minimum Gasteiger partial charge on any atom is -0.421 e. The van der Waals surface area contributed by atoms with E-state index in [0.717, 1.165) is 9.76 Å². The normalized spacial score (nSPS) is 10.4. The van der Waals surface area contributed by atoms with E-state index >= 15 is 0 Å². The van der Waals surface area contributed by atoms with Crippen LogP contribution < -0.4 is 0 Å². The summed E-state index contributed by atoms with van der Waals surface area (Å²) in [6.45, 7) is 2.26.